The Balaban J connectivity index is 2.26. The summed E-state index contributed by atoms with van der Waals surface area (Å²) in [5.41, 5.74) is -0.541. The molecule has 1 aliphatic rings. The van der Waals surface area contributed by atoms with Gasteiger partial charge in [0.05, 0.1) is 5.41 Å². The summed E-state index contributed by atoms with van der Waals surface area (Å²) < 4.78 is 5.40. The fourth-order valence-corrected chi connectivity index (χ4v) is 3.32. The number of rotatable bonds is 3. The van der Waals surface area contributed by atoms with Crippen LogP contribution in [0, 0.1) is 6.57 Å². The number of amides is 1. The van der Waals surface area contributed by atoms with E-state index in [1.165, 1.54) is 0 Å². The molecule has 0 spiro atoms. The van der Waals surface area contributed by atoms with E-state index in [0.29, 0.717) is 25.9 Å². The van der Waals surface area contributed by atoms with E-state index in [0.717, 1.165) is 5.56 Å². The molecule has 0 aromatic heterocycles. The van der Waals surface area contributed by atoms with E-state index in [-0.39, 0.29) is 0 Å². The van der Waals surface area contributed by atoms with Crippen LogP contribution in [0.15, 0.2) is 30.3 Å². The Kier molecular flexibility index (Phi) is 5.36. The van der Waals surface area contributed by atoms with Crippen molar-refractivity contribution in [2.24, 2.45) is 0 Å². The van der Waals surface area contributed by atoms with E-state index in [1.807, 2.05) is 51.1 Å². The number of carbonyl (C=O) groups is 2. The van der Waals surface area contributed by atoms with Crippen molar-refractivity contribution in [3.63, 3.8) is 0 Å². The molecule has 0 saturated carbocycles. The van der Waals surface area contributed by atoms with Gasteiger partial charge in [0.1, 0.15) is 5.60 Å². The maximum atomic E-state index is 12.3. The number of ether oxygens (including phenoxy) is 1. The lowest BCUT2D eigenvalue weighted by Crippen LogP contribution is -2.52. The maximum Gasteiger partial charge on any atom is 0.410 e. The van der Waals surface area contributed by atoms with Gasteiger partial charge in [-0.3, -0.25) is 0 Å². The van der Waals surface area contributed by atoms with E-state index >= 15 is 0 Å². The lowest BCUT2D eigenvalue weighted by molar-refractivity contribution is -0.139. The van der Waals surface area contributed by atoms with Crippen LogP contribution in [-0.4, -0.2) is 46.8 Å². The van der Waals surface area contributed by atoms with Gasteiger partial charge in [0, 0.05) is 13.1 Å². The number of carboxylic acid groups (broad SMARTS) is 1. The number of benzene rings is 1. The van der Waals surface area contributed by atoms with E-state index < -0.39 is 29.1 Å². The summed E-state index contributed by atoms with van der Waals surface area (Å²) in [4.78, 5) is 29.0. The van der Waals surface area contributed by atoms with Crippen molar-refractivity contribution < 1.29 is 19.4 Å². The van der Waals surface area contributed by atoms with Gasteiger partial charge in [-0.05, 0) is 39.2 Å². The van der Waals surface area contributed by atoms with Crippen molar-refractivity contribution in [2.45, 2.75) is 50.7 Å². The number of piperidine rings is 1. The number of likely N-dealkylation sites (tertiary alicyclic amines) is 1. The van der Waals surface area contributed by atoms with Crippen molar-refractivity contribution >= 4 is 12.1 Å². The average molecular weight is 344 g/mol. The van der Waals surface area contributed by atoms with Crippen molar-refractivity contribution in [2.75, 3.05) is 13.1 Å². The summed E-state index contributed by atoms with van der Waals surface area (Å²) >= 11 is 0. The summed E-state index contributed by atoms with van der Waals surface area (Å²) in [6.07, 6.45) is 0.425. The summed E-state index contributed by atoms with van der Waals surface area (Å²) in [5.74, 6) is -1.12. The fourth-order valence-electron chi connectivity index (χ4n) is 3.32. The van der Waals surface area contributed by atoms with Gasteiger partial charge in [-0.1, -0.05) is 30.3 Å². The first-order valence-corrected chi connectivity index (χ1v) is 8.32. The zero-order valence-corrected chi connectivity index (χ0v) is 14.9. The molecule has 1 amide bonds. The first-order chi connectivity index (χ1) is 11.7. The van der Waals surface area contributed by atoms with Crippen molar-refractivity contribution in [3.8, 4) is 0 Å². The second-order valence-corrected chi connectivity index (χ2v) is 7.36. The highest BCUT2D eigenvalue weighted by molar-refractivity contribution is 5.78. The fraction of sp³-hybridized carbons (Fsp3) is 0.526. The summed E-state index contributed by atoms with van der Waals surface area (Å²) in [5, 5.41) is 9.56. The van der Waals surface area contributed by atoms with Gasteiger partial charge in [0.15, 0.2) is 0 Å². The topological polar surface area (TPSA) is 71.2 Å². The van der Waals surface area contributed by atoms with E-state index in [1.54, 1.807) is 4.90 Å². The van der Waals surface area contributed by atoms with Gasteiger partial charge in [-0.25, -0.2) is 16.2 Å². The number of nitrogens with zero attached hydrogens (tertiary/aromatic N) is 2. The smallest absolute Gasteiger partial charge is 0.410 e. The number of aliphatic carboxylic acids is 1. The lowest BCUT2D eigenvalue weighted by atomic mass is 9.67. The molecule has 1 aromatic carbocycles. The highest BCUT2D eigenvalue weighted by Crippen LogP contribution is 2.40. The van der Waals surface area contributed by atoms with Crippen LogP contribution in [-0.2, 0) is 14.9 Å². The van der Waals surface area contributed by atoms with E-state index in [4.69, 9.17) is 11.3 Å². The monoisotopic (exact) mass is 344 g/mol. The standard InChI is InChI=1S/C19H24N2O4/c1-18(2,3)25-17(24)21-12-10-19(11-13-21,15(20-4)16(22)23)14-8-6-5-7-9-14/h5-9,15H,10-13H2,1-3H3,(H,22,23). The third-order valence-electron chi connectivity index (χ3n) is 4.54. The quantitative estimate of drug-likeness (QED) is 0.854. The Bertz CT molecular complexity index is 665. The Morgan fingerprint density at radius 1 is 1.24 bits per heavy atom. The highest BCUT2D eigenvalue weighted by atomic mass is 16.6. The minimum absolute atomic E-state index is 0.364. The van der Waals surface area contributed by atoms with Crippen LogP contribution in [0.5, 0.6) is 0 Å². The normalized spacial score (nSPS) is 18.1. The molecule has 1 atom stereocenters. The highest BCUT2D eigenvalue weighted by Gasteiger charge is 2.52. The third-order valence-corrected chi connectivity index (χ3v) is 4.54. The molecular weight excluding hydrogens is 320 g/mol. The Morgan fingerprint density at radius 3 is 2.24 bits per heavy atom. The summed E-state index contributed by atoms with van der Waals surface area (Å²) in [7, 11) is 0. The van der Waals surface area contributed by atoms with Gasteiger partial charge >= 0.3 is 18.1 Å². The Labute approximate surface area is 148 Å². The van der Waals surface area contributed by atoms with E-state index in [9.17, 15) is 14.7 Å². The minimum atomic E-state index is -1.17. The summed E-state index contributed by atoms with van der Waals surface area (Å²) in [6.45, 7) is 13.5. The predicted octanol–water partition coefficient (Wildman–Crippen LogP) is 3.33. The van der Waals surface area contributed by atoms with Gasteiger partial charge in [0.2, 0.25) is 0 Å². The zero-order chi connectivity index (χ0) is 18.7. The lowest BCUT2D eigenvalue weighted by Gasteiger charge is -2.41. The second kappa shape index (κ2) is 7.14. The molecule has 1 fully saturated rings. The van der Waals surface area contributed by atoms with E-state index in [2.05, 4.69) is 4.85 Å². The molecule has 1 unspecified atom stereocenters. The first-order valence-electron chi connectivity index (χ1n) is 8.32. The molecule has 0 aliphatic carbocycles. The van der Waals surface area contributed by atoms with Crippen molar-refractivity contribution in [3.05, 3.63) is 47.3 Å². The molecule has 1 heterocycles. The molecular formula is C19H24N2O4. The summed E-state index contributed by atoms with van der Waals surface area (Å²) in [6, 6.07) is 8.12. The molecule has 6 nitrogen and oxygen atoms in total. The number of hydrogen-bond donors (Lipinski definition) is 1. The molecule has 1 saturated heterocycles. The van der Waals surface area contributed by atoms with Crippen LogP contribution in [0.3, 0.4) is 0 Å². The van der Waals surface area contributed by atoms with Crippen LogP contribution in [0.2, 0.25) is 0 Å². The minimum Gasteiger partial charge on any atom is -0.475 e. The Morgan fingerprint density at radius 2 is 1.80 bits per heavy atom. The third kappa shape index (κ3) is 4.11. The molecule has 6 heteroatoms. The molecule has 1 aliphatic heterocycles. The number of hydrogen-bond acceptors (Lipinski definition) is 3. The zero-order valence-electron chi connectivity index (χ0n) is 14.9. The molecule has 1 aromatic rings. The van der Waals surface area contributed by atoms with Crippen LogP contribution in [0.4, 0.5) is 4.79 Å². The number of carbonyl (C=O) groups excluding carboxylic acids is 1. The largest absolute Gasteiger partial charge is 0.475 e. The first kappa shape index (κ1) is 18.8. The van der Waals surface area contributed by atoms with Gasteiger partial charge in [-0.15, -0.1) is 0 Å². The van der Waals surface area contributed by atoms with Crippen LogP contribution >= 0.6 is 0 Å². The molecule has 2 rings (SSSR count). The molecule has 1 N–H and O–H groups in total. The predicted molar refractivity (Wildman–Crippen MR) is 93.2 cm³/mol. The van der Waals surface area contributed by atoms with Crippen molar-refractivity contribution in [1.29, 1.82) is 0 Å². The molecule has 0 radical (unpaired) electrons. The van der Waals surface area contributed by atoms with Crippen LogP contribution in [0.25, 0.3) is 4.85 Å². The molecule has 0 bridgehead atoms. The molecule has 25 heavy (non-hydrogen) atoms. The van der Waals surface area contributed by atoms with Gasteiger partial charge in [0.25, 0.3) is 0 Å². The number of carboxylic acids is 1. The maximum absolute atomic E-state index is 12.3. The Hall–Kier alpha value is -2.55. The SMILES string of the molecule is [C-]#[N+]C(C(=O)O)C1(c2ccccc2)CCN(C(=O)OC(C)(C)C)CC1. The van der Waals surface area contributed by atoms with Crippen LogP contribution in [0.1, 0.15) is 39.2 Å². The van der Waals surface area contributed by atoms with Crippen molar-refractivity contribution in [1.82, 2.24) is 4.90 Å². The second-order valence-electron chi connectivity index (χ2n) is 7.36. The average Bonchev–Trinajstić information content (AvgIpc) is 2.55. The van der Waals surface area contributed by atoms with Gasteiger partial charge in [-0.2, -0.15) is 0 Å². The molecule has 134 valence electrons. The van der Waals surface area contributed by atoms with Gasteiger partial charge < -0.3 is 19.6 Å². The van der Waals surface area contributed by atoms with Crippen LogP contribution < -0.4 is 0 Å².